The largest absolute Gasteiger partial charge is 0.312 e. The molecule has 0 spiro atoms. The van der Waals surface area contributed by atoms with E-state index < -0.39 is 10.2 Å². The van der Waals surface area contributed by atoms with Crippen molar-refractivity contribution >= 4 is 10.2 Å². The zero-order valence-corrected chi connectivity index (χ0v) is 14.2. The molecule has 6 heteroatoms. The van der Waals surface area contributed by atoms with Gasteiger partial charge in [-0.1, -0.05) is 25.5 Å². The molecule has 0 aromatic heterocycles. The predicted octanol–water partition coefficient (Wildman–Crippen LogP) is 1.74. The standard InChI is InChI=1S/C15H29N3O2S/c1-4-17(12-13(2)3)21(19,20)18-10-6-5-7-15(18)11-16-14-8-9-14/h14-16H,2,4-12H2,1,3H3. The van der Waals surface area contributed by atoms with Crippen LogP contribution >= 0.6 is 0 Å². The normalized spacial score (nSPS) is 24.4. The van der Waals surface area contributed by atoms with Crippen LogP contribution in [0.1, 0.15) is 46.0 Å². The Morgan fingerprint density at radius 1 is 1.33 bits per heavy atom. The summed E-state index contributed by atoms with van der Waals surface area (Å²) in [6, 6.07) is 0.720. The summed E-state index contributed by atoms with van der Waals surface area (Å²) in [5.74, 6) is 0. The molecule has 1 atom stereocenters. The van der Waals surface area contributed by atoms with Crippen molar-refractivity contribution < 1.29 is 8.42 Å². The molecule has 0 radical (unpaired) electrons. The third-order valence-corrected chi connectivity index (χ3v) is 6.33. The molecule has 0 aromatic carbocycles. The monoisotopic (exact) mass is 315 g/mol. The van der Waals surface area contributed by atoms with Crippen LogP contribution in [0, 0.1) is 0 Å². The average molecular weight is 315 g/mol. The fourth-order valence-corrected chi connectivity index (χ4v) is 4.80. The van der Waals surface area contributed by atoms with Gasteiger partial charge in [0.25, 0.3) is 10.2 Å². The Balaban J connectivity index is 2.07. The van der Waals surface area contributed by atoms with Gasteiger partial charge in [0.2, 0.25) is 0 Å². The molecule has 1 aliphatic carbocycles. The van der Waals surface area contributed by atoms with Gasteiger partial charge in [-0.15, -0.1) is 0 Å². The first-order valence-electron chi connectivity index (χ1n) is 8.09. The molecule has 1 heterocycles. The van der Waals surface area contributed by atoms with Crippen molar-refractivity contribution in [3.05, 3.63) is 12.2 Å². The fraction of sp³-hybridized carbons (Fsp3) is 0.867. The molecule has 21 heavy (non-hydrogen) atoms. The highest BCUT2D eigenvalue weighted by Crippen LogP contribution is 2.24. The molecule has 1 aliphatic heterocycles. The van der Waals surface area contributed by atoms with Gasteiger partial charge in [-0.05, 0) is 32.6 Å². The van der Waals surface area contributed by atoms with E-state index in [0.717, 1.165) is 31.4 Å². The Morgan fingerprint density at radius 3 is 2.62 bits per heavy atom. The van der Waals surface area contributed by atoms with Gasteiger partial charge in [0, 0.05) is 38.3 Å². The molecule has 0 aromatic rings. The Morgan fingerprint density at radius 2 is 2.05 bits per heavy atom. The van der Waals surface area contributed by atoms with Crippen LogP contribution < -0.4 is 5.32 Å². The first-order valence-corrected chi connectivity index (χ1v) is 9.49. The Bertz CT molecular complexity index is 460. The van der Waals surface area contributed by atoms with E-state index in [2.05, 4.69) is 11.9 Å². The molecule has 5 nitrogen and oxygen atoms in total. The minimum absolute atomic E-state index is 0.100. The van der Waals surface area contributed by atoms with E-state index in [1.807, 2.05) is 13.8 Å². The van der Waals surface area contributed by atoms with E-state index in [1.165, 1.54) is 12.8 Å². The summed E-state index contributed by atoms with van der Waals surface area (Å²) in [6.45, 7) is 9.96. The van der Waals surface area contributed by atoms with E-state index in [9.17, 15) is 8.42 Å². The Labute approximate surface area is 129 Å². The van der Waals surface area contributed by atoms with Crippen LogP contribution in [0.4, 0.5) is 0 Å². The zero-order valence-electron chi connectivity index (χ0n) is 13.3. The second kappa shape index (κ2) is 7.22. The van der Waals surface area contributed by atoms with Gasteiger partial charge in [0.1, 0.15) is 0 Å². The molecule has 1 saturated heterocycles. The lowest BCUT2D eigenvalue weighted by Gasteiger charge is -2.38. The lowest BCUT2D eigenvalue weighted by Crippen LogP contribution is -2.53. The van der Waals surface area contributed by atoms with Crippen LogP contribution in [0.25, 0.3) is 0 Å². The maximum Gasteiger partial charge on any atom is 0.282 e. The van der Waals surface area contributed by atoms with Gasteiger partial charge in [-0.2, -0.15) is 17.0 Å². The van der Waals surface area contributed by atoms with Crippen molar-refractivity contribution in [2.75, 3.05) is 26.2 Å². The predicted molar refractivity (Wildman–Crippen MR) is 86.4 cm³/mol. The number of likely N-dealkylation sites (N-methyl/N-ethyl adjacent to an activating group) is 1. The van der Waals surface area contributed by atoms with E-state index >= 15 is 0 Å². The smallest absolute Gasteiger partial charge is 0.282 e. The molecule has 122 valence electrons. The minimum Gasteiger partial charge on any atom is -0.312 e. The first kappa shape index (κ1) is 16.9. The molecule has 1 saturated carbocycles. The maximum absolute atomic E-state index is 12.9. The summed E-state index contributed by atoms with van der Waals surface area (Å²) in [5, 5.41) is 3.48. The molecule has 2 fully saturated rings. The van der Waals surface area contributed by atoms with Crippen molar-refractivity contribution in [2.24, 2.45) is 0 Å². The summed E-state index contributed by atoms with van der Waals surface area (Å²) in [4.78, 5) is 0. The third-order valence-electron chi connectivity index (χ3n) is 4.21. The van der Waals surface area contributed by atoms with E-state index in [-0.39, 0.29) is 6.04 Å². The van der Waals surface area contributed by atoms with Crippen molar-refractivity contribution in [2.45, 2.75) is 58.0 Å². The zero-order chi connectivity index (χ0) is 15.5. The number of nitrogens with zero attached hydrogens (tertiary/aromatic N) is 2. The number of nitrogens with one attached hydrogen (secondary N) is 1. The van der Waals surface area contributed by atoms with Crippen LogP contribution in [-0.4, -0.2) is 55.3 Å². The molecule has 0 amide bonds. The molecule has 2 aliphatic rings. The summed E-state index contributed by atoms with van der Waals surface area (Å²) in [6.07, 6.45) is 5.51. The minimum atomic E-state index is -3.38. The van der Waals surface area contributed by atoms with Crippen LogP contribution in [0.15, 0.2) is 12.2 Å². The van der Waals surface area contributed by atoms with E-state index in [0.29, 0.717) is 25.7 Å². The van der Waals surface area contributed by atoms with Crippen LogP contribution in [0.3, 0.4) is 0 Å². The highest BCUT2D eigenvalue weighted by atomic mass is 32.2. The molecular weight excluding hydrogens is 286 g/mol. The van der Waals surface area contributed by atoms with Gasteiger partial charge in [0.15, 0.2) is 0 Å². The van der Waals surface area contributed by atoms with Gasteiger partial charge in [-0.25, -0.2) is 0 Å². The lowest BCUT2D eigenvalue weighted by molar-refractivity contribution is 0.228. The quantitative estimate of drug-likeness (QED) is 0.694. The summed E-state index contributed by atoms with van der Waals surface area (Å²) in [7, 11) is -3.38. The maximum atomic E-state index is 12.9. The van der Waals surface area contributed by atoms with Crippen LogP contribution in [0.2, 0.25) is 0 Å². The molecular formula is C15H29N3O2S. The summed E-state index contributed by atoms with van der Waals surface area (Å²) in [5.41, 5.74) is 0.880. The Hall–Kier alpha value is -0.430. The number of hydrogen-bond donors (Lipinski definition) is 1. The highest BCUT2D eigenvalue weighted by Gasteiger charge is 2.36. The SMILES string of the molecule is C=C(C)CN(CC)S(=O)(=O)N1CCCCC1CNC1CC1. The summed E-state index contributed by atoms with van der Waals surface area (Å²) < 4.78 is 29.1. The van der Waals surface area contributed by atoms with Crippen molar-refractivity contribution in [1.82, 2.24) is 13.9 Å². The lowest BCUT2D eigenvalue weighted by atomic mass is 10.1. The van der Waals surface area contributed by atoms with Crippen molar-refractivity contribution in [1.29, 1.82) is 0 Å². The van der Waals surface area contributed by atoms with Gasteiger partial charge in [-0.3, -0.25) is 0 Å². The fourth-order valence-electron chi connectivity index (χ4n) is 2.88. The van der Waals surface area contributed by atoms with Gasteiger partial charge >= 0.3 is 0 Å². The second-order valence-electron chi connectivity index (χ2n) is 6.33. The molecule has 2 rings (SSSR count). The highest BCUT2D eigenvalue weighted by molar-refractivity contribution is 7.86. The number of piperidine rings is 1. The number of rotatable bonds is 8. The Kier molecular flexibility index (Phi) is 5.82. The summed E-state index contributed by atoms with van der Waals surface area (Å²) >= 11 is 0. The van der Waals surface area contributed by atoms with Crippen molar-refractivity contribution in [3.8, 4) is 0 Å². The van der Waals surface area contributed by atoms with E-state index in [4.69, 9.17) is 0 Å². The van der Waals surface area contributed by atoms with Gasteiger partial charge < -0.3 is 5.32 Å². The molecule has 0 bridgehead atoms. The topological polar surface area (TPSA) is 52.7 Å². The van der Waals surface area contributed by atoms with Crippen LogP contribution in [0.5, 0.6) is 0 Å². The molecule has 1 unspecified atom stereocenters. The third kappa shape index (κ3) is 4.52. The van der Waals surface area contributed by atoms with E-state index in [1.54, 1.807) is 8.61 Å². The van der Waals surface area contributed by atoms with Crippen molar-refractivity contribution in [3.63, 3.8) is 0 Å². The average Bonchev–Trinajstić information content (AvgIpc) is 3.26. The van der Waals surface area contributed by atoms with Crippen LogP contribution in [-0.2, 0) is 10.2 Å². The molecule has 1 N–H and O–H groups in total. The first-order chi connectivity index (χ1) is 9.95. The van der Waals surface area contributed by atoms with Gasteiger partial charge in [0.05, 0.1) is 0 Å². The number of hydrogen-bond acceptors (Lipinski definition) is 3. The second-order valence-corrected chi connectivity index (χ2v) is 8.21.